The summed E-state index contributed by atoms with van der Waals surface area (Å²) in [7, 11) is 0. The first-order valence-electron chi connectivity index (χ1n) is 16.1. The summed E-state index contributed by atoms with van der Waals surface area (Å²) in [5.74, 6) is 1.24. The number of nitrogens with zero attached hydrogens (tertiary/aromatic N) is 2. The second-order valence-corrected chi connectivity index (χ2v) is 13.1. The van der Waals surface area contributed by atoms with Crippen LogP contribution < -0.4 is 22.1 Å². The molecule has 4 unspecified atom stereocenters. The van der Waals surface area contributed by atoms with Gasteiger partial charge in [-0.2, -0.15) is 0 Å². The van der Waals surface area contributed by atoms with Crippen LogP contribution in [0, 0.1) is 24.7 Å². The van der Waals surface area contributed by atoms with Crippen LogP contribution in [-0.2, 0) is 6.42 Å². The average molecular weight is 577 g/mol. The molecule has 42 heavy (non-hydrogen) atoms. The molecule has 0 radical (unpaired) electrons. The van der Waals surface area contributed by atoms with E-state index in [0.29, 0.717) is 24.2 Å². The molecule has 1 aliphatic heterocycles. The van der Waals surface area contributed by atoms with Crippen molar-refractivity contribution in [2.24, 2.45) is 29.2 Å². The lowest BCUT2D eigenvalue weighted by molar-refractivity contribution is 0.0130. The van der Waals surface area contributed by atoms with Gasteiger partial charge in [0.25, 0.3) is 0 Å². The maximum atomic E-state index is 11.0. The van der Waals surface area contributed by atoms with E-state index in [1.54, 1.807) is 4.90 Å². The number of hydrogen-bond acceptors (Lipinski definition) is 8. The van der Waals surface area contributed by atoms with E-state index in [2.05, 4.69) is 46.5 Å². The van der Waals surface area contributed by atoms with Crippen molar-refractivity contribution >= 4 is 0 Å². The van der Waals surface area contributed by atoms with Crippen molar-refractivity contribution in [1.82, 2.24) is 20.5 Å². The predicted molar refractivity (Wildman–Crippen MR) is 168 cm³/mol. The Balaban J connectivity index is 1.34. The Kier molecular flexibility index (Phi) is 9.90. The van der Waals surface area contributed by atoms with Crippen molar-refractivity contribution in [1.29, 1.82) is 0 Å². The molecule has 8 heteroatoms. The third-order valence-corrected chi connectivity index (χ3v) is 10.1. The number of aryl methyl sites for hydroxylation is 1. The van der Waals surface area contributed by atoms with Gasteiger partial charge in [0.1, 0.15) is 6.23 Å². The van der Waals surface area contributed by atoms with Crippen LogP contribution in [0.2, 0.25) is 0 Å². The Morgan fingerprint density at radius 1 is 1.12 bits per heavy atom. The predicted octanol–water partition coefficient (Wildman–Crippen LogP) is 4.06. The van der Waals surface area contributed by atoms with Crippen LogP contribution in [0.1, 0.15) is 82.3 Å². The van der Waals surface area contributed by atoms with E-state index in [1.807, 2.05) is 32.3 Å². The van der Waals surface area contributed by atoms with Gasteiger partial charge in [-0.1, -0.05) is 44.1 Å². The molecule has 1 aromatic rings. The number of hydrogen-bond donors (Lipinski definition) is 6. The summed E-state index contributed by atoms with van der Waals surface area (Å²) in [4.78, 5) is 5.96. The molecular formula is C34H52N6O2. The molecule has 3 aliphatic carbocycles. The summed E-state index contributed by atoms with van der Waals surface area (Å²) < 4.78 is 0. The van der Waals surface area contributed by atoms with Crippen molar-refractivity contribution in [2.45, 2.75) is 115 Å². The Bertz CT molecular complexity index is 1170. The van der Waals surface area contributed by atoms with Gasteiger partial charge in [-0.05, 0) is 99.5 Å². The van der Waals surface area contributed by atoms with Gasteiger partial charge in [-0.25, -0.2) is 0 Å². The van der Waals surface area contributed by atoms with E-state index in [0.717, 1.165) is 48.2 Å². The van der Waals surface area contributed by atoms with E-state index in [9.17, 15) is 10.2 Å². The fourth-order valence-electron chi connectivity index (χ4n) is 7.89. The van der Waals surface area contributed by atoms with Crippen molar-refractivity contribution in [3.05, 3.63) is 77.4 Å². The van der Waals surface area contributed by atoms with Gasteiger partial charge in [0.05, 0.1) is 23.6 Å². The van der Waals surface area contributed by atoms with Gasteiger partial charge < -0.3 is 26.2 Å². The van der Waals surface area contributed by atoms with Crippen LogP contribution in [0.15, 0.2) is 66.3 Å². The van der Waals surface area contributed by atoms with Crippen molar-refractivity contribution in [3.63, 3.8) is 0 Å². The van der Waals surface area contributed by atoms with E-state index in [4.69, 9.17) is 11.5 Å². The van der Waals surface area contributed by atoms with Gasteiger partial charge in [0.2, 0.25) is 0 Å². The van der Waals surface area contributed by atoms with E-state index >= 15 is 0 Å². The molecule has 8 nitrogen and oxygen atoms in total. The van der Waals surface area contributed by atoms with Crippen LogP contribution >= 0.6 is 0 Å². The fraction of sp³-hybridized carbons (Fsp3) is 0.618. The Morgan fingerprint density at radius 3 is 2.45 bits per heavy atom. The second kappa shape index (κ2) is 13.4. The van der Waals surface area contributed by atoms with Crippen LogP contribution in [0.5, 0.6) is 0 Å². The van der Waals surface area contributed by atoms with Gasteiger partial charge in [0, 0.05) is 30.3 Å². The third-order valence-electron chi connectivity index (χ3n) is 10.1. The van der Waals surface area contributed by atoms with Crippen LogP contribution in [0.25, 0.3) is 0 Å². The zero-order chi connectivity index (χ0) is 29.9. The topological polar surface area (TPSA) is 133 Å². The van der Waals surface area contributed by atoms with Crippen molar-refractivity contribution < 1.29 is 10.2 Å². The Hall–Kier alpha value is -2.49. The highest BCUT2D eigenvalue weighted by molar-refractivity contribution is 5.42. The summed E-state index contributed by atoms with van der Waals surface area (Å²) in [5, 5.41) is 28.9. The monoisotopic (exact) mass is 576 g/mol. The summed E-state index contributed by atoms with van der Waals surface area (Å²) in [6, 6.07) is 2.26. The van der Waals surface area contributed by atoms with E-state index < -0.39 is 18.7 Å². The minimum absolute atomic E-state index is 0.0471. The quantitative estimate of drug-likeness (QED) is 0.172. The van der Waals surface area contributed by atoms with E-state index in [-0.39, 0.29) is 11.6 Å². The maximum Gasteiger partial charge on any atom is 0.182 e. The average Bonchev–Trinajstić information content (AvgIpc) is 2.95. The first-order valence-corrected chi connectivity index (χ1v) is 16.1. The third kappa shape index (κ3) is 6.68. The normalized spacial score (nSPS) is 28.2. The molecule has 0 spiro atoms. The number of nitrogens with one attached hydrogen (secondary N) is 2. The minimum atomic E-state index is -1.20. The summed E-state index contributed by atoms with van der Waals surface area (Å²) >= 11 is 0. The Morgan fingerprint density at radius 2 is 1.88 bits per heavy atom. The van der Waals surface area contributed by atoms with Gasteiger partial charge in [-0.15, -0.1) is 0 Å². The molecule has 2 heterocycles. The van der Waals surface area contributed by atoms with Crippen molar-refractivity contribution in [2.75, 3.05) is 0 Å². The molecular weight excluding hydrogens is 524 g/mol. The summed E-state index contributed by atoms with van der Waals surface area (Å²) in [6.45, 7) is 7.96. The van der Waals surface area contributed by atoms with Crippen LogP contribution in [0.3, 0.4) is 0 Å². The molecule has 2 saturated carbocycles. The minimum Gasteiger partial charge on any atom is -0.378 e. The largest absolute Gasteiger partial charge is 0.378 e. The first-order chi connectivity index (χ1) is 20.2. The number of rotatable bonds is 11. The molecule has 2 fully saturated rings. The lowest BCUT2D eigenvalue weighted by Gasteiger charge is -2.51. The molecule has 0 aromatic carbocycles. The summed E-state index contributed by atoms with van der Waals surface area (Å²) in [5.41, 5.74) is 17.5. The molecule has 6 atom stereocenters. The van der Waals surface area contributed by atoms with Gasteiger partial charge in [-0.3, -0.25) is 16.0 Å². The SMILES string of the molecule is C=CC1=C(N(C(N)O)[C@H](C)N)C=C(C2CCCCC2)[C@H](C2C=CC(C3(NC(O)Cc4cncc(C)c4)CCC3)CC2)N1. The van der Waals surface area contributed by atoms with E-state index in [1.165, 1.54) is 44.1 Å². The smallest absolute Gasteiger partial charge is 0.182 e. The number of nitrogens with two attached hydrogens (primary N) is 2. The summed E-state index contributed by atoms with van der Waals surface area (Å²) in [6.07, 6.45) is 22.6. The maximum absolute atomic E-state index is 11.0. The zero-order valence-electron chi connectivity index (χ0n) is 25.5. The number of allylic oxidation sites excluding steroid dienone is 2. The molecule has 230 valence electrons. The molecule has 8 N–H and O–H groups in total. The lowest BCUT2D eigenvalue weighted by atomic mass is 9.63. The molecule has 0 amide bonds. The highest BCUT2D eigenvalue weighted by Crippen LogP contribution is 2.46. The number of dihydropyridines is 1. The van der Waals surface area contributed by atoms with Gasteiger partial charge >= 0.3 is 0 Å². The highest BCUT2D eigenvalue weighted by atomic mass is 16.3. The highest BCUT2D eigenvalue weighted by Gasteiger charge is 2.45. The number of aliphatic hydroxyl groups is 2. The molecule has 0 bridgehead atoms. The zero-order valence-corrected chi connectivity index (χ0v) is 25.5. The first kappa shape index (κ1) is 31.0. The fourth-order valence-corrected chi connectivity index (χ4v) is 7.89. The molecule has 1 aromatic heterocycles. The van der Waals surface area contributed by atoms with Gasteiger partial charge in [0.15, 0.2) is 6.35 Å². The second-order valence-electron chi connectivity index (χ2n) is 13.1. The molecule has 5 rings (SSSR count). The number of pyridine rings is 1. The lowest BCUT2D eigenvalue weighted by Crippen LogP contribution is -2.60. The molecule has 4 aliphatic rings. The number of aliphatic hydroxyl groups excluding tert-OH is 2. The Labute approximate surface area is 252 Å². The number of aromatic nitrogens is 1. The molecule has 0 saturated heterocycles. The van der Waals surface area contributed by atoms with Crippen molar-refractivity contribution in [3.8, 4) is 0 Å². The van der Waals surface area contributed by atoms with Crippen LogP contribution in [-0.4, -0.2) is 50.4 Å². The van der Waals surface area contributed by atoms with Crippen LogP contribution in [0.4, 0.5) is 0 Å². The standard InChI is InChI=1S/C34H52N6O2/c1-4-29-30(40(23(3)35)33(36)42)19-28(25-9-6-5-7-10-25)32(38-29)26-11-13-27(14-12-26)34(15-8-16-34)39-31(41)18-24-17-22(2)20-37-21-24/h4,11,13,17,19-21,23,25-27,31-33,38-39,41-42H,1,5-10,12,14-16,18,35-36H2,2-3H3/t23-,26?,27?,31?,32+,33?/m1/s1.